The number of amides is 2. The summed E-state index contributed by atoms with van der Waals surface area (Å²) in [7, 11) is -3.54. The Morgan fingerprint density at radius 2 is 1.51 bits per heavy atom. The number of carbonyl (C=O) groups is 2. The summed E-state index contributed by atoms with van der Waals surface area (Å²) in [4.78, 5) is 29.4. The number of nitrogens with one attached hydrogen (secondary N) is 2. The summed E-state index contributed by atoms with van der Waals surface area (Å²) < 4.78 is 33.4. The Kier molecular flexibility index (Phi) is 11.9. The van der Waals surface area contributed by atoms with Crippen molar-refractivity contribution >= 4 is 21.8 Å². The lowest BCUT2D eigenvalue weighted by molar-refractivity contribution is -0.141. The third kappa shape index (κ3) is 10.6. The predicted octanol–water partition coefficient (Wildman–Crippen LogP) is 4.63. The lowest BCUT2D eigenvalue weighted by Gasteiger charge is -2.31. The molecule has 3 aromatic rings. The fourth-order valence-corrected chi connectivity index (χ4v) is 6.08. The molecule has 1 fully saturated rings. The zero-order valence-electron chi connectivity index (χ0n) is 25.1. The number of nitrogens with zero attached hydrogens (tertiary/aromatic N) is 1. The maximum absolute atomic E-state index is 13.9. The van der Waals surface area contributed by atoms with Crippen LogP contribution >= 0.6 is 0 Å². The quantitative estimate of drug-likeness (QED) is 0.218. The molecule has 3 aromatic carbocycles. The Morgan fingerprint density at radius 1 is 0.884 bits per heavy atom. The molecule has 230 valence electrons. The van der Waals surface area contributed by atoms with E-state index in [0.29, 0.717) is 39.0 Å². The fraction of sp³-hybridized carbons (Fsp3) is 0.412. The molecule has 8 nitrogen and oxygen atoms in total. The van der Waals surface area contributed by atoms with Crippen LogP contribution in [-0.2, 0) is 43.7 Å². The second-order valence-electron chi connectivity index (χ2n) is 11.3. The second-order valence-corrected chi connectivity index (χ2v) is 13.0. The number of carbonyl (C=O) groups excluding carboxylic acids is 2. The topological polar surface area (TPSA) is 105 Å². The summed E-state index contributed by atoms with van der Waals surface area (Å²) in [6.07, 6.45) is 3.53. The molecule has 2 amide bonds. The number of aryl methyl sites for hydroxylation is 1. The molecule has 0 aromatic heterocycles. The first-order valence-corrected chi connectivity index (χ1v) is 16.6. The van der Waals surface area contributed by atoms with Crippen molar-refractivity contribution < 1.29 is 22.7 Å². The number of ether oxygens (including phenoxy) is 1. The molecule has 0 aliphatic heterocycles. The van der Waals surface area contributed by atoms with Crippen molar-refractivity contribution in [1.29, 1.82) is 0 Å². The van der Waals surface area contributed by atoms with Crippen LogP contribution in [0.4, 0.5) is 0 Å². The van der Waals surface area contributed by atoms with E-state index in [1.807, 2.05) is 74.5 Å². The van der Waals surface area contributed by atoms with Crippen molar-refractivity contribution in [1.82, 2.24) is 14.9 Å². The molecule has 1 saturated carbocycles. The minimum atomic E-state index is -3.54. The van der Waals surface area contributed by atoms with E-state index in [9.17, 15) is 18.0 Å². The van der Waals surface area contributed by atoms with Gasteiger partial charge in [-0.3, -0.25) is 9.59 Å². The lowest BCUT2D eigenvalue weighted by atomic mass is 10.0. The summed E-state index contributed by atoms with van der Waals surface area (Å²) >= 11 is 0. The molecule has 4 rings (SSSR count). The Bertz CT molecular complexity index is 1410. The average Bonchev–Trinajstić information content (AvgIpc) is 3.82. The zero-order valence-corrected chi connectivity index (χ0v) is 25.9. The molecular formula is C34H43N3O5S. The third-order valence-electron chi connectivity index (χ3n) is 7.30. The van der Waals surface area contributed by atoms with Gasteiger partial charge in [-0.15, -0.1) is 0 Å². The fourth-order valence-electron chi connectivity index (χ4n) is 4.77. The monoisotopic (exact) mass is 605 g/mol. The number of hydrogen-bond acceptors (Lipinski definition) is 5. The molecule has 1 aliphatic rings. The van der Waals surface area contributed by atoms with E-state index in [1.165, 1.54) is 0 Å². The van der Waals surface area contributed by atoms with Gasteiger partial charge in [0, 0.05) is 38.6 Å². The van der Waals surface area contributed by atoms with Crippen molar-refractivity contribution in [2.45, 2.75) is 82.0 Å². The van der Waals surface area contributed by atoms with Crippen LogP contribution in [0, 0.1) is 0 Å². The summed E-state index contributed by atoms with van der Waals surface area (Å²) in [5.74, 6) is -0.342. The molecule has 1 atom stereocenters. The standard InChI is InChI=1S/C34H43N3O5S/c1-26(2)42-23-9-22-35-34(39)32(24-28-10-5-3-6-11-28)37(25-29-12-7-4-8-13-29)33(38)21-16-27-14-19-31(20-15-27)43(40,41)36-30-17-18-30/h3-8,10-15,19-20,26,30,32,36H,9,16-18,21-25H2,1-2H3,(H,35,39). The van der Waals surface area contributed by atoms with Crippen LogP contribution < -0.4 is 10.0 Å². The highest BCUT2D eigenvalue weighted by Crippen LogP contribution is 2.23. The molecule has 0 radical (unpaired) electrons. The number of benzene rings is 3. The second kappa shape index (κ2) is 15.8. The van der Waals surface area contributed by atoms with Gasteiger partial charge in [0.1, 0.15) is 6.04 Å². The molecule has 43 heavy (non-hydrogen) atoms. The van der Waals surface area contributed by atoms with E-state index in [2.05, 4.69) is 10.0 Å². The van der Waals surface area contributed by atoms with Crippen LogP contribution in [0.25, 0.3) is 0 Å². The molecule has 0 saturated heterocycles. The van der Waals surface area contributed by atoms with Crippen LogP contribution in [0.5, 0.6) is 0 Å². The number of sulfonamides is 1. The lowest BCUT2D eigenvalue weighted by Crippen LogP contribution is -2.50. The highest BCUT2D eigenvalue weighted by atomic mass is 32.2. The van der Waals surface area contributed by atoms with E-state index in [4.69, 9.17) is 4.74 Å². The van der Waals surface area contributed by atoms with Gasteiger partial charge in [-0.25, -0.2) is 13.1 Å². The van der Waals surface area contributed by atoms with Crippen molar-refractivity contribution in [3.8, 4) is 0 Å². The minimum absolute atomic E-state index is 0.0345. The third-order valence-corrected chi connectivity index (χ3v) is 8.84. The van der Waals surface area contributed by atoms with Crippen molar-refractivity contribution in [2.24, 2.45) is 0 Å². The van der Waals surface area contributed by atoms with Crippen LogP contribution in [0.15, 0.2) is 89.8 Å². The van der Waals surface area contributed by atoms with Crippen LogP contribution in [0.3, 0.4) is 0 Å². The van der Waals surface area contributed by atoms with E-state index >= 15 is 0 Å². The van der Waals surface area contributed by atoms with Crippen molar-refractivity contribution in [2.75, 3.05) is 13.2 Å². The Morgan fingerprint density at radius 3 is 2.12 bits per heavy atom. The van der Waals surface area contributed by atoms with E-state index in [0.717, 1.165) is 29.5 Å². The highest BCUT2D eigenvalue weighted by Gasteiger charge is 2.30. The van der Waals surface area contributed by atoms with Gasteiger partial charge in [-0.05, 0) is 68.4 Å². The van der Waals surface area contributed by atoms with Crippen molar-refractivity contribution in [3.63, 3.8) is 0 Å². The first kappa shape index (κ1) is 32.4. The molecular weight excluding hydrogens is 562 g/mol. The van der Waals surface area contributed by atoms with Crippen LogP contribution in [-0.4, -0.2) is 56.5 Å². The predicted molar refractivity (Wildman–Crippen MR) is 168 cm³/mol. The van der Waals surface area contributed by atoms with Gasteiger partial charge in [0.2, 0.25) is 21.8 Å². The van der Waals surface area contributed by atoms with Gasteiger partial charge in [-0.2, -0.15) is 0 Å². The normalized spacial score (nSPS) is 13.9. The average molecular weight is 606 g/mol. The van der Waals surface area contributed by atoms with Crippen molar-refractivity contribution in [3.05, 3.63) is 102 Å². The van der Waals surface area contributed by atoms with E-state index in [1.54, 1.807) is 29.2 Å². The first-order valence-electron chi connectivity index (χ1n) is 15.1. The SMILES string of the molecule is CC(C)OCCCNC(=O)C(Cc1ccccc1)N(Cc1ccccc1)C(=O)CCc1ccc(S(=O)(=O)NC2CC2)cc1. The maximum Gasteiger partial charge on any atom is 0.243 e. The van der Waals surface area contributed by atoms with E-state index < -0.39 is 16.1 Å². The van der Waals surface area contributed by atoms with E-state index in [-0.39, 0.29) is 35.3 Å². The van der Waals surface area contributed by atoms with Gasteiger partial charge in [0.05, 0.1) is 11.0 Å². The minimum Gasteiger partial charge on any atom is -0.379 e. The maximum atomic E-state index is 13.9. The number of rotatable bonds is 17. The summed E-state index contributed by atoms with van der Waals surface area (Å²) in [6, 6.07) is 25.4. The Hall–Kier alpha value is -3.53. The summed E-state index contributed by atoms with van der Waals surface area (Å²) in [5.41, 5.74) is 2.76. The number of hydrogen-bond donors (Lipinski definition) is 2. The van der Waals surface area contributed by atoms with Gasteiger partial charge < -0.3 is 15.0 Å². The molecule has 0 spiro atoms. The molecule has 0 bridgehead atoms. The largest absolute Gasteiger partial charge is 0.379 e. The van der Waals surface area contributed by atoms with Gasteiger partial charge in [0.15, 0.2) is 0 Å². The van der Waals surface area contributed by atoms with Crippen LogP contribution in [0.1, 0.15) is 56.2 Å². The van der Waals surface area contributed by atoms with Gasteiger partial charge >= 0.3 is 0 Å². The first-order chi connectivity index (χ1) is 20.7. The molecule has 1 unspecified atom stereocenters. The summed E-state index contributed by atoms with van der Waals surface area (Å²) in [6.45, 7) is 5.25. The Balaban J connectivity index is 1.49. The summed E-state index contributed by atoms with van der Waals surface area (Å²) in [5, 5.41) is 3.03. The Labute approximate surface area is 255 Å². The zero-order chi connectivity index (χ0) is 30.7. The molecule has 0 heterocycles. The van der Waals surface area contributed by atoms with Gasteiger partial charge in [-0.1, -0.05) is 72.8 Å². The molecule has 9 heteroatoms. The van der Waals surface area contributed by atoms with Gasteiger partial charge in [0.25, 0.3) is 0 Å². The molecule has 1 aliphatic carbocycles. The van der Waals surface area contributed by atoms with Crippen LogP contribution in [0.2, 0.25) is 0 Å². The smallest absolute Gasteiger partial charge is 0.243 e. The molecule has 2 N–H and O–H groups in total. The highest BCUT2D eigenvalue weighted by molar-refractivity contribution is 7.89.